The maximum atomic E-state index is 11.8. The van der Waals surface area contributed by atoms with Gasteiger partial charge in [-0.1, -0.05) is 53.1 Å². The molecule has 1 aliphatic rings. The summed E-state index contributed by atoms with van der Waals surface area (Å²) in [4.78, 5) is 21.9. The molecule has 1 heterocycles. The first-order valence-corrected chi connectivity index (χ1v) is 8.61. The van der Waals surface area contributed by atoms with Crippen molar-refractivity contribution in [1.29, 1.82) is 0 Å². The van der Waals surface area contributed by atoms with E-state index in [1.165, 1.54) is 11.1 Å². The molecule has 0 aromatic heterocycles. The fraction of sp³-hybridized carbons (Fsp3) is 0.333. The smallest absolute Gasteiger partial charge is 0.338 e. The summed E-state index contributed by atoms with van der Waals surface area (Å²) in [5, 5.41) is 0. The molecule has 6 nitrogen and oxygen atoms in total. The summed E-state index contributed by atoms with van der Waals surface area (Å²) in [6, 6.07) is 15.5. The first-order chi connectivity index (χ1) is 13.0. The first-order valence-electron chi connectivity index (χ1n) is 8.61. The van der Waals surface area contributed by atoms with Crippen molar-refractivity contribution in [2.24, 2.45) is 0 Å². The Morgan fingerprint density at radius 3 is 1.75 bits per heavy atom. The third kappa shape index (κ3) is 8.58. The Hall–Kier alpha value is -1.65. The van der Waals surface area contributed by atoms with Crippen molar-refractivity contribution in [2.75, 3.05) is 13.2 Å². The van der Waals surface area contributed by atoms with E-state index in [2.05, 4.69) is 42.8 Å². The average Bonchev–Trinajstić information content (AvgIpc) is 2.67. The number of ether oxygens (including phenoxy) is 4. The van der Waals surface area contributed by atoms with E-state index in [9.17, 15) is 9.59 Å². The van der Waals surface area contributed by atoms with Gasteiger partial charge < -0.3 is 18.9 Å². The molecule has 1 aliphatic heterocycles. The monoisotopic (exact) mass is 610 g/mol. The fourth-order valence-electron chi connectivity index (χ4n) is 2.21. The first kappa shape index (κ1) is 24.4. The normalized spacial score (nSPS) is 18.0. The molecule has 7 heteroatoms. The van der Waals surface area contributed by atoms with Crippen LogP contribution in [0.15, 0.2) is 48.5 Å². The van der Waals surface area contributed by atoms with E-state index in [1.807, 2.05) is 19.1 Å². The van der Waals surface area contributed by atoms with Crippen molar-refractivity contribution in [3.05, 3.63) is 70.8 Å². The molecule has 1 saturated heterocycles. The van der Waals surface area contributed by atoms with Crippen LogP contribution in [0.2, 0.25) is 0 Å². The number of esters is 1. The number of carbonyl (C=O) groups is 2. The molecule has 2 aromatic carbocycles. The van der Waals surface area contributed by atoms with Crippen LogP contribution < -0.4 is 0 Å². The molecule has 2 aromatic rings. The van der Waals surface area contributed by atoms with Crippen LogP contribution in [0, 0.1) is 51.9 Å². The van der Waals surface area contributed by atoms with Gasteiger partial charge in [0.15, 0.2) is 0 Å². The van der Waals surface area contributed by atoms with Gasteiger partial charge in [0.25, 0.3) is 6.47 Å². The van der Waals surface area contributed by atoms with E-state index in [4.69, 9.17) is 14.2 Å². The molecule has 0 radical (unpaired) electrons. The van der Waals surface area contributed by atoms with Gasteiger partial charge in [-0.3, -0.25) is 4.79 Å². The summed E-state index contributed by atoms with van der Waals surface area (Å²) in [5.41, 5.74) is 4.19. The topological polar surface area (TPSA) is 71.1 Å². The molecule has 0 bridgehead atoms. The van der Waals surface area contributed by atoms with Crippen LogP contribution >= 0.6 is 0 Å². The molecule has 0 aliphatic carbocycles. The number of benzene rings is 2. The summed E-state index contributed by atoms with van der Waals surface area (Å²) in [6.45, 7) is 5.59. The molecular weight excluding hydrogens is 586 g/mol. The van der Waals surface area contributed by atoms with Crippen LogP contribution in [0.25, 0.3) is 0 Å². The van der Waals surface area contributed by atoms with E-state index in [1.54, 1.807) is 12.1 Å². The maximum Gasteiger partial charge on any atom is 0.338 e. The number of rotatable bonds is 4. The molecule has 28 heavy (non-hydrogen) atoms. The molecule has 0 saturated carbocycles. The molecule has 3 rings (SSSR count). The Labute approximate surface area is 188 Å². The zero-order valence-corrected chi connectivity index (χ0v) is 20.4. The summed E-state index contributed by atoms with van der Waals surface area (Å²) in [6.07, 6.45) is -0.514. The van der Waals surface area contributed by atoms with E-state index in [0.29, 0.717) is 5.56 Å². The molecule has 0 amide bonds. The average molecular weight is 610 g/mol. The van der Waals surface area contributed by atoms with E-state index in [0.717, 1.165) is 5.56 Å². The zero-order valence-electron chi connectivity index (χ0n) is 16.2. The zero-order chi connectivity index (χ0) is 19.6. The van der Waals surface area contributed by atoms with Gasteiger partial charge in [-0.25, -0.2) is 4.79 Å². The predicted octanol–water partition coefficient (Wildman–Crippen LogP) is 3.33. The standard InChI is InChI=1S/C13H14O6.C8H10.U/c1-9-2-4-10(5-3-9)12(15)19-11-6-16-13(17-7-11)18-8-14;1-7-3-5-8(2)6-4-7;/h2-5,8,11,13H,6-7H2,1H3;3-6H,1-2H3;. The quantitative estimate of drug-likeness (QED) is 0.391. The maximum absolute atomic E-state index is 11.8. The van der Waals surface area contributed by atoms with E-state index >= 15 is 0 Å². The Bertz CT molecular complexity index is 701. The third-order valence-electron chi connectivity index (χ3n) is 3.78. The Morgan fingerprint density at radius 1 is 0.893 bits per heavy atom. The molecule has 1 fully saturated rings. The molecule has 0 atom stereocenters. The minimum Gasteiger partial charge on any atom is -0.454 e. The Morgan fingerprint density at radius 2 is 1.32 bits per heavy atom. The molecule has 0 N–H and O–H groups in total. The van der Waals surface area contributed by atoms with Crippen molar-refractivity contribution in [2.45, 2.75) is 33.4 Å². The van der Waals surface area contributed by atoms with Gasteiger partial charge in [-0.05, 0) is 32.9 Å². The summed E-state index contributed by atoms with van der Waals surface area (Å²) >= 11 is 0. The van der Waals surface area contributed by atoms with Crippen molar-refractivity contribution in [3.8, 4) is 0 Å². The van der Waals surface area contributed by atoms with Crippen molar-refractivity contribution in [1.82, 2.24) is 0 Å². The number of aryl methyl sites for hydroxylation is 3. The van der Waals surface area contributed by atoms with E-state index in [-0.39, 0.29) is 50.8 Å². The van der Waals surface area contributed by atoms with Crippen LogP contribution in [0.3, 0.4) is 0 Å². The number of hydrogen-bond acceptors (Lipinski definition) is 6. The molecular formula is C21H24O6U. The predicted molar refractivity (Wildman–Crippen MR) is 99.1 cm³/mol. The summed E-state index contributed by atoms with van der Waals surface area (Å²) in [5.74, 6) is -0.438. The molecule has 148 valence electrons. The molecule has 0 spiro atoms. The van der Waals surface area contributed by atoms with Gasteiger partial charge in [0.2, 0.25) is 0 Å². The Kier molecular flexibility index (Phi) is 11.1. The van der Waals surface area contributed by atoms with Crippen LogP contribution in [-0.2, 0) is 23.7 Å². The van der Waals surface area contributed by atoms with E-state index < -0.39 is 18.5 Å². The van der Waals surface area contributed by atoms with Crippen molar-refractivity contribution < 1.29 is 59.6 Å². The van der Waals surface area contributed by atoms with Gasteiger partial charge >= 0.3 is 12.4 Å². The van der Waals surface area contributed by atoms with Crippen molar-refractivity contribution in [3.63, 3.8) is 0 Å². The van der Waals surface area contributed by atoms with Crippen LogP contribution in [0.4, 0.5) is 0 Å². The fourth-order valence-corrected chi connectivity index (χ4v) is 2.21. The summed E-state index contributed by atoms with van der Waals surface area (Å²) < 4.78 is 19.7. The second-order valence-electron chi connectivity index (χ2n) is 6.24. The van der Waals surface area contributed by atoms with Crippen molar-refractivity contribution >= 4 is 12.4 Å². The second kappa shape index (κ2) is 12.7. The largest absolute Gasteiger partial charge is 0.454 e. The minimum atomic E-state index is -1.02. The van der Waals surface area contributed by atoms with Gasteiger partial charge in [-0.2, -0.15) is 0 Å². The van der Waals surface area contributed by atoms with Crippen LogP contribution in [0.5, 0.6) is 0 Å². The third-order valence-corrected chi connectivity index (χ3v) is 3.78. The van der Waals surface area contributed by atoms with Crippen LogP contribution in [-0.4, -0.2) is 38.2 Å². The van der Waals surface area contributed by atoms with Gasteiger partial charge in [-0.15, -0.1) is 0 Å². The van der Waals surface area contributed by atoms with Gasteiger partial charge in [0.05, 0.1) is 18.8 Å². The number of carbonyl (C=O) groups excluding carboxylic acids is 2. The molecule has 0 unspecified atom stereocenters. The van der Waals surface area contributed by atoms with Crippen LogP contribution in [0.1, 0.15) is 27.0 Å². The number of hydrogen-bond donors (Lipinski definition) is 0. The van der Waals surface area contributed by atoms with Gasteiger partial charge in [0, 0.05) is 31.1 Å². The Balaban J connectivity index is 0.000000367. The second-order valence-corrected chi connectivity index (χ2v) is 6.24. The summed E-state index contributed by atoms with van der Waals surface area (Å²) in [7, 11) is 0. The minimum absolute atomic E-state index is 0. The SMILES string of the molecule is Cc1ccc(C(=O)OC2COC(OC=O)OC2)cc1.Cc1ccc(C)cc1.[U]. The van der Waals surface area contributed by atoms with Gasteiger partial charge in [0.1, 0.15) is 6.10 Å².